The maximum absolute atomic E-state index is 11.5. The van der Waals surface area contributed by atoms with E-state index < -0.39 is 0 Å². The lowest BCUT2D eigenvalue weighted by atomic mass is 9.78. The zero-order valence-corrected chi connectivity index (χ0v) is 11.8. The Kier molecular flexibility index (Phi) is 2.65. The molecule has 1 aromatic heterocycles. The first-order valence-electron chi connectivity index (χ1n) is 7.01. The van der Waals surface area contributed by atoms with Gasteiger partial charge in [-0.05, 0) is 30.3 Å². The molecular formula is C16H16N2O3. The molecule has 3 heterocycles. The molecule has 0 bridgehead atoms. The second-order valence-corrected chi connectivity index (χ2v) is 5.92. The van der Waals surface area contributed by atoms with Gasteiger partial charge >= 0.3 is 5.97 Å². The Bertz CT molecular complexity index is 717. The molecule has 0 unspecified atom stereocenters. The van der Waals surface area contributed by atoms with Crippen molar-refractivity contribution in [1.29, 1.82) is 0 Å². The smallest absolute Gasteiger partial charge is 0.337 e. The van der Waals surface area contributed by atoms with Crippen molar-refractivity contribution in [1.82, 2.24) is 4.98 Å². The lowest BCUT2D eigenvalue weighted by Gasteiger charge is -2.55. The minimum Gasteiger partial charge on any atom is -0.465 e. The second kappa shape index (κ2) is 4.43. The number of anilines is 1. The van der Waals surface area contributed by atoms with Gasteiger partial charge in [0, 0.05) is 18.5 Å². The predicted octanol–water partition coefficient (Wildman–Crippen LogP) is 1.86. The third-order valence-electron chi connectivity index (χ3n) is 4.29. The SMILES string of the molecule is COC(=O)c1ccc2nc(N3CC4(COC4)C3)ccc2c1. The van der Waals surface area contributed by atoms with Crippen LogP contribution in [0.25, 0.3) is 10.9 Å². The van der Waals surface area contributed by atoms with Gasteiger partial charge in [0.25, 0.3) is 0 Å². The predicted molar refractivity (Wildman–Crippen MR) is 78.5 cm³/mol. The summed E-state index contributed by atoms with van der Waals surface area (Å²) in [7, 11) is 1.39. The molecule has 5 nitrogen and oxygen atoms in total. The maximum atomic E-state index is 11.5. The van der Waals surface area contributed by atoms with Crippen molar-refractivity contribution in [3.8, 4) is 0 Å². The summed E-state index contributed by atoms with van der Waals surface area (Å²) in [4.78, 5) is 18.5. The number of carbonyl (C=O) groups is 1. The van der Waals surface area contributed by atoms with Crippen LogP contribution in [-0.2, 0) is 9.47 Å². The van der Waals surface area contributed by atoms with E-state index in [9.17, 15) is 4.79 Å². The first-order chi connectivity index (χ1) is 10.2. The summed E-state index contributed by atoms with van der Waals surface area (Å²) >= 11 is 0. The van der Waals surface area contributed by atoms with E-state index in [2.05, 4.69) is 9.88 Å². The first kappa shape index (κ1) is 12.6. The topological polar surface area (TPSA) is 51.7 Å². The number of ether oxygens (including phenoxy) is 2. The van der Waals surface area contributed by atoms with Gasteiger partial charge in [0.1, 0.15) is 5.82 Å². The van der Waals surface area contributed by atoms with Crippen molar-refractivity contribution in [3.63, 3.8) is 0 Å². The molecule has 0 amide bonds. The van der Waals surface area contributed by atoms with Crippen molar-refractivity contribution < 1.29 is 14.3 Å². The van der Waals surface area contributed by atoms with Crippen LogP contribution in [0.4, 0.5) is 5.82 Å². The molecule has 0 saturated carbocycles. The second-order valence-electron chi connectivity index (χ2n) is 5.92. The first-order valence-corrected chi connectivity index (χ1v) is 7.01. The van der Waals surface area contributed by atoms with Crippen molar-refractivity contribution in [2.75, 3.05) is 38.3 Å². The molecule has 2 aromatic rings. The average molecular weight is 284 g/mol. The molecule has 0 aliphatic carbocycles. The fourth-order valence-corrected chi connectivity index (χ4v) is 3.03. The summed E-state index contributed by atoms with van der Waals surface area (Å²) in [6.45, 7) is 3.79. The number of pyridine rings is 1. The largest absolute Gasteiger partial charge is 0.465 e. The lowest BCUT2D eigenvalue weighted by Crippen LogP contribution is -2.66. The van der Waals surface area contributed by atoms with Gasteiger partial charge in [-0.1, -0.05) is 0 Å². The molecule has 1 spiro atoms. The summed E-state index contributed by atoms with van der Waals surface area (Å²) in [5.41, 5.74) is 1.82. The number of nitrogens with zero attached hydrogens (tertiary/aromatic N) is 2. The van der Waals surface area contributed by atoms with Crippen molar-refractivity contribution >= 4 is 22.7 Å². The third kappa shape index (κ3) is 1.96. The van der Waals surface area contributed by atoms with Gasteiger partial charge in [-0.3, -0.25) is 0 Å². The number of carbonyl (C=O) groups excluding carboxylic acids is 1. The van der Waals surface area contributed by atoms with Gasteiger partial charge in [-0.15, -0.1) is 0 Å². The Labute approximate surface area is 122 Å². The minimum atomic E-state index is -0.323. The van der Waals surface area contributed by atoms with Crippen LogP contribution in [0.1, 0.15) is 10.4 Å². The van der Waals surface area contributed by atoms with Crippen molar-refractivity contribution in [2.24, 2.45) is 5.41 Å². The van der Waals surface area contributed by atoms with E-state index in [0.29, 0.717) is 11.0 Å². The summed E-state index contributed by atoms with van der Waals surface area (Å²) < 4.78 is 10.0. The van der Waals surface area contributed by atoms with E-state index in [-0.39, 0.29) is 5.97 Å². The summed E-state index contributed by atoms with van der Waals surface area (Å²) in [5, 5.41) is 0.948. The van der Waals surface area contributed by atoms with Crippen molar-refractivity contribution in [2.45, 2.75) is 0 Å². The van der Waals surface area contributed by atoms with Crippen LogP contribution in [0, 0.1) is 5.41 Å². The van der Waals surface area contributed by atoms with Crippen molar-refractivity contribution in [3.05, 3.63) is 35.9 Å². The van der Waals surface area contributed by atoms with E-state index in [1.54, 1.807) is 6.07 Å². The molecule has 2 aliphatic rings. The summed E-state index contributed by atoms with van der Waals surface area (Å²) in [6, 6.07) is 9.45. The number of methoxy groups -OCH3 is 1. The molecule has 1 aromatic carbocycles. The summed E-state index contributed by atoms with van der Waals surface area (Å²) in [5.74, 6) is 0.668. The molecule has 2 saturated heterocycles. The molecule has 21 heavy (non-hydrogen) atoms. The molecule has 108 valence electrons. The van der Waals surface area contributed by atoms with Crippen LogP contribution >= 0.6 is 0 Å². The van der Waals surface area contributed by atoms with Gasteiger partial charge < -0.3 is 14.4 Å². The highest BCUT2D eigenvalue weighted by molar-refractivity contribution is 5.94. The number of hydrogen-bond acceptors (Lipinski definition) is 5. The van der Waals surface area contributed by atoms with Crippen LogP contribution in [0.15, 0.2) is 30.3 Å². The number of rotatable bonds is 2. The standard InChI is InChI=1S/C16H16N2O3/c1-20-15(19)12-2-4-13-11(6-12)3-5-14(17-13)18-7-16(8-18)9-21-10-16/h2-6H,7-10H2,1H3. The minimum absolute atomic E-state index is 0.323. The average Bonchev–Trinajstić information content (AvgIpc) is 2.43. The fourth-order valence-electron chi connectivity index (χ4n) is 3.03. The molecule has 0 atom stereocenters. The Morgan fingerprint density at radius 1 is 1.29 bits per heavy atom. The highest BCUT2D eigenvalue weighted by Gasteiger charge is 2.49. The highest BCUT2D eigenvalue weighted by atomic mass is 16.5. The summed E-state index contributed by atoms with van der Waals surface area (Å²) in [6.07, 6.45) is 0. The van der Waals surface area contributed by atoms with Gasteiger partial charge in [0.15, 0.2) is 0 Å². The van der Waals surface area contributed by atoms with Gasteiger partial charge in [-0.25, -0.2) is 9.78 Å². The van der Waals surface area contributed by atoms with E-state index >= 15 is 0 Å². The molecule has 5 heteroatoms. The number of fused-ring (bicyclic) bond motifs is 1. The molecule has 0 radical (unpaired) electrons. The van der Waals surface area contributed by atoms with E-state index in [4.69, 9.17) is 9.47 Å². The Balaban J connectivity index is 1.60. The maximum Gasteiger partial charge on any atom is 0.337 e. The zero-order valence-electron chi connectivity index (χ0n) is 11.8. The lowest BCUT2D eigenvalue weighted by molar-refractivity contribution is -0.127. The number of benzene rings is 1. The monoisotopic (exact) mass is 284 g/mol. The fraction of sp³-hybridized carbons (Fsp3) is 0.375. The number of aromatic nitrogens is 1. The molecule has 4 rings (SSSR count). The highest BCUT2D eigenvalue weighted by Crippen LogP contribution is 2.39. The molecule has 0 N–H and O–H groups in total. The van der Waals surface area contributed by atoms with Gasteiger partial charge in [0.05, 0.1) is 36.8 Å². The van der Waals surface area contributed by atoms with E-state index in [0.717, 1.165) is 43.0 Å². The van der Waals surface area contributed by atoms with E-state index in [1.807, 2.05) is 24.3 Å². The molecular weight excluding hydrogens is 268 g/mol. The van der Waals surface area contributed by atoms with Crippen LogP contribution in [0.5, 0.6) is 0 Å². The Morgan fingerprint density at radius 3 is 2.76 bits per heavy atom. The Morgan fingerprint density at radius 2 is 2.10 bits per heavy atom. The van der Waals surface area contributed by atoms with Gasteiger partial charge in [-0.2, -0.15) is 0 Å². The van der Waals surface area contributed by atoms with Crippen LogP contribution in [0.2, 0.25) is 0 Å². The van der Waals surface area contributed by atoms with Crippen LogP contribution < -0.4 is 4.90 Å². The normalized spacial score (nSPS) is 19.2. The van der Waals surface area contributed by atoms with Gasteiger partial charge in [0.2, 0.25) is 0 Å². The zero-order chi connectivity index (χ0) is 14.4. The number of esters is 1. The molecule has 2 fully saturated rings. The number of hydrogen-bond donors (Lipinski definition) is 0. The van der Waals surface area contributed by atoms with E-state index in [1.165, 1.54) is 7.11 Å². The Hall–Kier alpha value is -2.14. The third-order valence-corrected chi connectivity index (χ3v) is 4.29. The molecule has 2 aliphatic heterocycles. The quantitative estimate of drug-likeness (QED) is 0.788. The van der Waals surface area contributed by atoms with Crippen LogP contribution in [0.3, 0.4) is 0 Å². The van der Waals surface area contributed by atoms with Crippen LogP contribution in [-0.4, -0.2) is 44.4 Å².